The average Bonchev–Trinajstić information content (AvgIpc) is 3.31. The molecule has 0 aliphatic rings. The van der Waals surface area contributed by atoms with E-state index in [0.717, 1.165) is 22.3 Å². The topological polar surface area (TPSA) is 91.8 Å². The van der Waals surface area contributed by atoms with E-state index in [1.54, 1.807) is 48.0 Å². The number of hydrogen-bond donors (Lipinski definition) is 3. The van der Waals surface area contributed by atoms with Gasteiger partial charge in [-0.2, -0.15) is 5.10 Å². The minimum atomic E-state index is -0.505. The number of nitrogens with zero attached hydrogens (tertiary/aromatic N) is 2. The van der Waals surface area contributed by atoms with Crippen molar-refractivity contribution >= 4 is 57.3 Å². The highest BCUT2D eigenvalue weighted by molar-refractivity contribution is 6.34. The number of carbonyl (C=O) groups is 2. The van der Waals surface area contributed by atoms with Gasteiger partial charge in [-0.15, -0.1) is 0 Å². The minimum Gasteiger partial charge on any atom is -0.350 e. The van der Waals surface area contributed by atoms with Gasteiger partial charge in [-0.05, 0) is 63.2 Å². The number of anilines is 2. The predicted molar refractivity (Wildman–Crippen MR) is 128 cm³/mol. The van der Waals surface area contributed by atoms with Crippen molar-refractivity contribution in [3.8, 4) is 0 Å². The third kappa shape index (κ3) is 4.49. The number of nitrogens with one attached hydrogen (secondary N) is 3. The van der Waals surface area contributed by atoms with Crippen LogP contribution in [-0.4, -0.2) is 26.6 Å². The van der Waals surface area contributed by atoms with E-state index in [1.807, 2.05) is 26.0 Å². The van der Waals surface area contributed by atoms with Gasteiger partial charge < -0.3 is 15.6 Å². The molecule has 1 unspecified atom stereocenters. The number of fused-ring (bicyclic) bond motifs is 1. The molecule has 2 amide bonds. The molecule has 2 aromatic carbocycles. The average molecular weight is 470 g/mol. The molecule has 0 spiro atoms. The molecule has 164 valence electrons. The van der Waals surface area contributed by atoms with Crippen molar-refractivity contribution in [3.63, 3.8) is 0 Å². The lowest BCUT2D eigenvalue weighted by atomic mass is 10.2. The monoisotopic (exact) mass is 469 g/mol. The summed E-state index contributed by atoms with van der Waals surface area (Å²) in [7, 11) is 0. The second kappa shape index (κ2) is 8.68. The van der Waals surface area contributed by atoms with Crippen LogP contribution in [-0.2, 0) is 4.79 Å². The normalized spacial score (nSPS) is 12.0. The molecular formula is C23H21Cl2N5O2. The zero-order valence-corrected chi connectivity index (χ0v) is 19.2. The Kier molecular flexibility index (Phi) is 5.95. The molecule has 1 atom stereocenters. The number of amides is 2. The first-order chi connectivity index (χ1) is 15.2. The van der Waals surface area contributed by atoms with Crippen LogP contribution in [0.25, 0.3) is 10.9 Å². The van der Waals surface area contributed by atoms with E-state index in [9.17, 15) is 9.59 Å². The van der Waals surface area contributed by atoms with Crippen LogP contribution in [0.4, 0.5) is 11.4 Å². The maximum atomic E-state index is 12.7. The van der Waals surface area contributed by atoms with Crippen LogP contribution in [0.3, 0.4) is 0 Å². The summed E-state index contributed by atoms with van der Waals surface area (Å²) < 4.78 is 1.67. The maximum Gasteiger partial charge on any atom is 0.272 e. The zero-order chi connectivity index (χ0) is 23.0. The fourth-order valence-electron chi connectivity index (χ4n) is 3.50. The number of aryl methyl sites for hydroxylation is 2. The van der Waals surface area contributed by atoms with Gasteiger partial charge in [0.15, 0.2) is 0 Å². The molecule has 2 aromatic heterocycles. The lowest BCUT2D eigenvalue weighted by Gasteiger charge is -2.15. The first-order valence-electron chi connectivity index (χ1n) is 9.94. The van der Waals surface area contributed by atoms with Crippen molar-refractivity contribution in [3.05, 3.63) is 75.7 Å². The molecule has 0 aliphatic heterocycles. The van der Waals surface area contributed by atoms with Crippen LogP contribution in [0.5, 0.6) is 0 Å². The smallest absolute Gasteiger partial charge is 0.272 e. The molecule has 0 radical (unpaired) electrons. The van der Waals surface area contributed by atoms with Crippen molar-refractivity contribution in [1.82, 2.24) is 14.8 Å². The molecule has 2 heterocycles. The quantitative estimate of drug-likeness (QED) is 0.347. The Morgan fingerprint density at radius 2 is 1.81 bits per heavy atom. The number of aromatic amines is 1. The fourth-order valence-corrected chi connectivity index (χ4v) is 3.90. The molecule has 32 heavy (non-hydrogen) atoms. The Hall–Kier alpha value is -3.29. The molecule has 7 nitrogen and oxygen atoms in total. The second-order valence-corrected chi connectivity index (χ2v) is 8.44. The van der Waals surface area contributed by atoms with Crippen molar-refractivity contribution in [1.29, 1.82) is 0 Å². The Bertz CT molecular complexity index is 1340. The lowest BCUT2D eigenvalue weighted by molar-refractivity contribution is -0.119. The van der Waals surface area contributed by atoms with Crippen molar-refractivity contribution < 1.29 is 9.59 Å². The summed E-state index contributed by atoms with van der Waals surface area (Å²) in [6.45, 7) is 5.55. The van der Waals surface area contributed by atoms with Gasteiger partial charge in [0.1, 0.15) is 11.7 Å². The van der Waals surface area contributed by atoms with Crippen LogP contribution in [0.2, 0.25) is 10.0 Å². The molecule has 3 N–H and O–H groups in total. The molecule has 0 saturated heterocycles. The Balaban J connectivity index is 1.46. The molecule has 4 aromatic rings. The van der Waals surface area contributed by atoms with E-state index in [-0.39, 0.29) is 11.8 Å². The molecule has 0 bridgehead atoms. The molecule has 0 saturated carbocycles. The summed E-state index contributed by atoms with van der Waals surface area (Å²) in [6, 6.07) is 13.4. The van der Waals surface area contributed by atoms with Crippen LogP contribution in [0.1, 0.15) is 34.8 Å². The van der Waals surface area contributed by atoms with Gasteiger partial charge in [-0.3, -0.25) is 14.3 Å². The highest BCUT2D eigenvalue weighted by Gasteiger charge is 2.19. The van der Waals surface area contributed by atoms with Crippen LogP contribution < -0.4 is 10.6 Å². The fraction of sp³-hybridized carbons (Fsp3) is 0.174. The number of carbonyl (C=O) groups excluding carboxylic acids is 2. The van der Waals surface area contributed by atoms with E-state index in [1.165, 1.54) is 0 Å². The van der Waals surface area contributed by atoms with E-state index < -0.39 is 6.04 Å². The summed E-state index contributed by atoms with van der Waals surface area (Å²) in [5, 5.41) is 11.7. The van der Waals surface area contributed by atoms with E-state index in [2.05, 4.69) is 20.7 Å². The summed E-state index contributed by atoms with van der Waals surface area (Å²) in [4.78, 5) is 28.3. The van der Waals surface area contributed by atoms with Crippen molar-refractivity contribution in [2.75, 3.05) is 10.6 Å². The first kappa shape index (κ1) is 21.9. The Morgan fingerprint density at radius 1 is 1.03 bits per heavy atom. The summed E-state index contributed by atoms with van der Waals surface area (Å²) in [5.74, 6) is -0.560. The van der Waals surface area contributed by atoms with Gasteiger partial charge in [-0.1, -0.05) is 29.3 Å². The van der Waals surface area contributed by atoms with Gasteiger partial charge in [-0.25, -0.2) is 0 Å². The summed E-state index contributed by atoms with van der Waals surface area (Å²) >= 11 is 12.4. The number of hydrogen-bond acceptors (Lipinski definition) is 3. The summed E-state index contributed by atoms with van der Waals surface area (Å²) in [6.07, 6.45) is 0. The van der Waals surface area contributed by atoms with Gasteiger partial charge in [0.05, 0.1) is 16.4 Å². The third-order valence-electron chi connectivity index (χ3n) is 5.10. The highest BCUT2D eigenvalue weighted by Crippen LogP contribution is 2.27. The molecule has 9 heteroatoms. The molecular weight excluding hydrogens is 449 g/mol. The van der Waals surface area contributed by atoms with Crippen LogP contribution in [0, 0.1) is 13.8 Å². The number of rotatable bonds is 5. The standard InChI is InChI=1S/C23H21Cl2N5O2/c1-12-8-13(2)30(29-12)14(3)22(31)28-19-7-6-17(11-18(19)25)26-23(32)21-9-15-4-5-16(24)10-20(15)27-21/h4-11,14,27H,1-3H3,(H,26,32)(H,28,31). The number of halogens is 2. The van der Waals surface area contributed by atoms with Gasteiger partial charge in [0.2, 0.25) is 5.91 Å². The van der Waals surface area contributed by atoms with Gasteiger partial charge in [0, 0.05) is 27.3 Å². The lowest BCUT2D eigenvalue weighted by Crippen LogP contribution is -2.25. The molecule has 0 fully saturated rings. The first-order valence-corrected chi connectivity index (χ1v) is 10.7. The van der Waals surface area contributed by atoms with Crippen molar-refractivity contribution in [2.45, 2.75) is 26.8 Å². The van der Waals surface area contributed by atoms with Gasteiger partial charge >= 0.3 is 0 Å². The van der Waals surface area contributed by atoms with E-state index in [4.69, 9.17) is 23.2 Å². The largest absolute Gasteiger partial charge is 0.350 e. The summed E-state index contributed by atoms with van der Waals surface area (Å²) in [5.41, 5.74) is 3.86. The number of aromatic nitrogens is 3. The van der Waals surface area contributed by atoms with Crippen LogP contribution in [0.15, 0.2) is 48.5 Å². The predicted octanol–water partition coefficient (Wildman–Crippen LogP) is 5.74. The van der Waals surface area contributed by atoms with Crippen LogP contribution >= 0.6 is 23.2 Å². The SMILES string of the molecule is Cc1cc(C)n(C(C)C(=O)Nc2ccc(NC(=O)c3cc4ccc(Cl)cc4[nH]3)cc2Cl)n1. The van der Waals surface area contributed by atoms with E-state index >= 15 is 0 Å². The zero-order valence-electron chi connectivity index (χ0n) is 17.7. The maximum absolute atomic E-state index is 12.7. The number of H-pyrrole nitrogens is 1. The highest BCUT2D eigenvalue weighted by atomic mass is 35.5. The minimum absolute atomic E-state index is 0.244. The third-order valence-corrected chi connectivity index (χ3v) is 5.65. The second-order valence-electron chi connectivity index (χ2n) is 7.60. The van der Waals surface area contributed by atoms with Crippen molar-refractivity contribution in [2.24, 2.45) is 0 Å². The van der Waals surface area contributed by atoms with E-state index in [0.29, 0.717) is 27.1 Å². The van der Waals surface area contributed by atoms with Gasteiger partial charge in [0.25, 0.3) is 5.91 Å². The Morgan fingerprint density at radius 3 is 2.50 bits per heavy atom. The molecule has 0 aliphatic carbocycles. The Labute approximate surface area is 194 Å². The number of benzene rings is 2. The molecule has 4 rings (SSSR count).